The number of benzene rings is 1. The Morgan fingerprint density at radius 3 is 2.33 bits per heavy atom. The van der Waals surface area contributed by atoms with Gasteiger partial charge in [-0.15, -0.1) is 0 Å². The number of amides is 3. The van der Waals surface area contributed by atoms with E-state index >= 15 is 0 Å². The van der Waals surface area contributed by atoms with Gasteiger partial charge in [0.05, 0.1) is 6.54 Å². The Morgan fingerprint density at radius 1 is 1.05 bits per heavy atom. The van der Waals surface area contributed by atoms with Crippen molar-refractivity contribution in [2.24, 2.45) is 0 Å². The van der Waals surface area contributed by atoms with Gasteiger partial charge in [0.15, 0.2) is 0 Å². The molecular weight excluding hydrogens is 294 g/mol. The van der Waals surface area contributed by atoms with Crippen LogP contribution < -0.4 is 16.0 Å². The van der Waals surface area contributed by atoms with Crippen molar-refractivity contribution in [1.29, 1.82) is 0 Å². The van der Waals surface area contributed by atoms with Crippen LogP contribution in [0.1, 0.15) is 5.56 Å². The van der Waals surface area contributed by atoms with Gasteiger partial charge in [0.2, 0.25) is 5.91 Å². The number of carbonyl (C=O) groups excluding carboxylic acids is 2. The summed E-state index contributed by atoms with van der Waals surface area (Å²) in [6, 6.07) is 4.97. The summed E-state index contributed by atoms with van der Waals surface area (Å²) in [6.07, 6.45) is -4.51. The quantitative estimate of drug-likeness (QED) is 0.718. The van der Waals surface area contributed by atoms with Gasteiger partial charge in [-0.05, 0) is 6.07 Å². The maximum atomic E-state index is 13.2. The molecule has 0 heterocycles. The van der Waals surface area contributed by atoms with E-state index in [-0.39, 0.29) is 12.1 Å². The van der Waals surface area contributed by atoms with Crippen molar-refractivity contribution in [3.8, 4) is 0 Å². The van der Waals surface area contributed by atoms with E-state index in [0.29, 0.717) is 0 Å². The van der Waals surface area contributed by atoms with Gasteiger partial charge in [-0.1, -0.05) is 18.2 Å². The lowest BCUT2D eigenvalue weighted by Crippen LogP contribution is -2.43. The Labute approximate surface area is 117 Å². The van der Waals surface area contributed by atoms with Gasteiger partial charge in [0.1, 0.15) is 12.4 Å². The summed E-state index contributed by atoms with van der Waals surface area (Å²) in [5.74, 6) is -1.48. The molecule has 21 heavy (non-hydrogen) atoms. The molecule has 0 aliphatic rings. The standard InChI is InChI=1S/C12H13F4N3O2/c13-9-4-2-1-3-8(9)5-17-11(21)18-6-10(20)19-7-12(14,15)16/h1-4H,5-7H2,(H,19,20)(H2,17,18,21). The van der Waals surface area contributed by atoms with Crippen LogP contribution in [-0.2, 0) is 11.3 Å². The molecule has 3 amide bonds. The number of urea groups is 1. The van der Waals surface area contributed by atoms with Gasteiger partial charge >= 0.3 is 12.2 Å². The van der Waals surface area contributed by atoms with Gasteiger partial charge in [-0.2, -0.15) is 13.2 Å². The van der Waals surface area contributed by atoms with E-state index in [1.165, 1.54) is 18.2 Å². The molecule has 0 aromatic heterocycles. The maximum absolute atomic E-state index is 13.2. The third kappa shape index (κ3) is 7.14. The van der Waals surface area contributed by atoms with Crippen LogP contribution in [0.5, 0.6) is 0 Å². The lowest BCUT2D eigenvalue weighted by atomic mass is 10.2. The molecule has 0 spiro atoms. The van der Waals surface area contributed by atoms with E-state index in [1.807, 2.05) is 0 Å². The smallest absolute Gasteiger partial charge is 0.345 e. The summed E-state index contributed by atoms with van der Waals surface area (Å²) in [4.78, 5) is 22.3. The predicted molar refractivity (Wildman–Crippen MR) is 65.7 cm³/mol. The second-order valence-electron chi connectivity index (χ2n) is 4.02. The molecule has 0 radical (unpaired) electrons. The lowest BCUT2D eigenvalue weighted by Gasteiger charge is -2.10. The number of carbonyl (C=O) groups is 2. The van der Waals surface area contributed by atoms with Crippen molar-refractivity contribution in [3.05, 3.63) is 35.6 Å². The zero-order valence-electron chi connectivity index (χ0n) is 10.8. The highest BCUT2D eigenvalue weighted by Crippen LogP contribution is 2.11. The van der Waals surface area contributed by atoms with Crippen molar-refractivity contribution >= 4 is 11.9 Å². The second-order valence-corrected chi connectivity index (χ2v) is 4.02. The molecular formula is C12H13F4N3O2. The normalized spacial score (nSPS) is 10.9. The van der Waals surface area contributed by atoms with E-state index in [0.717, 1.165) is 0 Å². The third-order valence-electron chi connectivity index (χ3n) is 2.29. The van der Waals surface area contributed by atoms with Crippen LogP contribution in [0, 0.1) is 5.82 Å². The third-order valence-corrected chi connectivity index (χ3v) is 2.29. The number of halogens is 4. The van der Waals surface area contributed by atoms with Crippen LogP contribution >= 0.6 is 0 Å². The average Bonchev–Trinajstić information content (AvgIpc) is 2.41. The molecule has 116 valence electrons. The Bertz CT molecular complexity index is 506. The van der Waals surface area contributed by atoms with Crippen LogP contribution in [0.4, 0.5) is 22.4 Å². The van der Waals surface area contributed by atoms with E-state index in [4.69, 9.17) is 0 Å². The molecule has 1 rings (SSSR count). The Hall–Kier alpha value is -2.32. The van der Waals surface area contributed by atoms with Gasteiger partial charge in [0, 0.05) is 12.1 Å². The van der Waals surface area contributed by atoms with Crippen molar-refractivity contribution in [1.82, 2.24) is 16.0 Å². The minimum absolute atomic E-state index is 0.108. The summed E-state index contributed by atoms with van der Waals surface area (Å²) in [7, 11) is 0. The maximum Gasteiger partial charge on any atom is 0.405 e. The van der Waals surface area contributed by atoms with Gasteiger partial charge in [-0.25, -0.2) is 9.18 Å². The predicted octanol–water partition coefficient (Wildman–Crippen LogP) is 1.30. The first-order valence-electron chi connectivity index (χ1n) is 5.86. The Morgan fingerprint density at radius 2 is 1.71 bits per heavy atom. The van der Waals surface area contributed by atoms with Crippen molar-refractivity contribution in [3.63, 3.8) is 0 Å². The van der Waals surface area contributed by atoms with E-state index in [9.17, 15) is 27.2 Å². The molecule has 0 saturated heterocycles. The fourth-order valence-corrected chi connectivity index (χ4v) is 1.30. The average molecular weight is 307 g/mol. The van der Waals surface area contributed by atoms with Crippen LogP contribution in [-0.4, -0.2) is 31.2 Å². The number of nitrogens with one attached hydrogen (secondary N) is 3. The first kappa shape index (κ1) is 16.7. The topological polar surface area (TPSA) is 70.2 Å². The van der Waals surface area contributed by atoms with E-state index in [2.05, 4.69) is 10.6 Å². The van der Waals surface area contributed by atoms with Crippen LogP contribution in [0.25, 0.3) is 0 Å². The van der Waals surface area contributed by atoms with Crippen LogP contribution in [0.3, 0.4) is 0 Å². The Balaban J connectivity index is 2.25. The highest BCUT2D eigenvalue weighted by Gasteiger charge is 2.27. The van der Waals surface area contributed by atoms with Crippen LogP contribution in [0.2, 0.25) is 0 Å². The summed E-state index contributed by atoms with van der Waals surface area (Å²) >= 11 is 0. The number of hydrogen-bond acceptors (Lipinski definition) is 2. The Kier molecular flexibility index (Phi) is 5.94. The fourth-order valence-electron chi connectivity index (χ4n) is 1.30. The molecule has 1 aromatic rings. The van der Waals surface area contributed by atoms with Crippen molar-refractivity contribution < 1.29 is 27.2 Å². The molecule has 0 fully saturated rings. The number of hydrogen-bond donors (Lipinski definition) is 3. The molecule has 0 saturated carbocycles. The van der Waals surface area contributed by atoms with Crippen molar-refractivity contribution in [2.45, 2.75) is 12.7 Å². The van der Waals surface area contributed by atoms with E-state index < -0.39 is 37.0 Å². The van der Waals surface area contributed by atoms with Gasteiger partial charge in [-0.3, -0.25) is 4.79 Å². The first-order valence-corrected chi connectivity index (χ1v) is 5.86. The molecule has 0 unspecified atom stereocenters. The summed E-state index contributed by atoms with van der Waals surface area (Å²) in [5.41, 5.74) is 0.245. The zero-order valence-corrected chi connectivity index (χ0v) is 10.8. The minimum atomic E-state index is -4.51. The molecule has 1 aromatic carbocycles. The molecule has 0 atom stereocenters. The monoisotopic (exact) mass is 307 g/mol. The molecule has 0 aliphatic heterocycles. The highest BCUT2D eigenvalue weighted by molar-refractivity contribution is 5.83. The number of rotatable bonds is 5. The molecule has 0 aliphatic carbocycles. The van der Waals surface area contributed by atoms with Gasteiger partial charge in [0.25, 0.3) is 0 Å². The van der Waals surface area contributed by atoms with E-state index in [1.54, 1.807) is 11.4 Å². The SMILES string of the molecule is O=C(CNC(=O)NCc1ccccc1F)NCC(F)(F)F. The highest BCUT2D eigenvalue weighted by atomic mass is 19.4. The summed E-state index contributed by atoms with van der Waals surface area (Å²) in [5, 5.41) is 5.93. The molecule has 9 heteroatoms. The number of alkyl halides is 3. The van der Waals surface area contributed by atoms with Crippen molar-refractivity contribution in [2.75, 3.05) is 13.1 Å². The fraction of sp³-hybridized carbons (Fsp3) is 0.333. The minimum Gasteiger partial charge on any atom is -0.345 e. The molecule has 3 N–H and O–H groups in total. The largest absolute Gasteiger partial charge is 0.405 e. The summed E-state index contributed by atoms with van der Waals surface area (Å²) < 4.78 is 48.7. The zero-order chi connectivity index (χ0) is 15.9. The lowest BCUT2D eigenvalue weighted by molar-refractivity contribution is -0.137. The molecule has 0 bridgehead atoms. The summed E-state index contributed by atoms with van der Waals surface area (Å²) in [6.45, 7) is -2.19. The van der Waals surface area contributed by atoms with Gasteiger partial charge < -0.3 is 16.0 Å². The van der Waals surface area contributed by atoms with Crippen LogP contribution in [0.15, 0.2) is 24.3 Å². The second kappa shape index (κ2) is 7.46. The first-order chi connectivity index (χ1) is 9.78. The molecule has 5 nitrogen and oxygen atoms in total.